The molecule has 0 spiro atoms. The number of furan rings is 1. The number of thioether (sulfide) groups is 1. The van der Waals surface area contributed by atoms with Crippen molar-refractivity contribution >= 4 is 29.5 Å². The highest BCUT2D eigenvalue weighted by Crippen LogP contribution is 2.21. The minimum Gasteiger partial charge on any atom is -0.480 e. The molecule has 0 saturated carbocycles. The number of rotatable bonds is 5. The van der Waals surface area contributed by atoms with Gasteiger partial charge in [-0.05, 0) is 6.07 Å². The van der Waals surface area contributed by atoms with Gasteiger partial charge in [-0.2, -0.15) is 0 Å². The predicted molar refractivity (Wildman–Crippen MR) is 71.3 cm³/mol. The number of carboxylic acid groups (broad SMARTS) is 1. The van der Waals surface area contributed by atoms with Crippen molar-refractivity contribution < 1.29 is 23.9 Å². The number of hydrogen-bond donors (Lipinski definition) is 2. The number of nitrogens with zero attached hydrogens (tertiary/aromatic N) is 1. The fourth-order valence-electron chi connectivity index (χ4n) is 1.82. The topological polar surface area (TPSA) is 99.9 Å². The summed E-state index contributed by atoms with van der Waals surface area (Å²) in [5.74, 6) is -0.800. The quantitative estimate of drug-likeness (QED) is 0.815. The van der Waals surface area contributed by atoms with Crippen LogP contribution in [0.5, 0.6) is 0 Å². The Hall–Kier alpha value is -1.96. The molecule has 0 bridgehead atoms. The largest absolute Gasteiger partial charge is 0.480 e. The number of aliphatic carboxylic acids is 1. The van der Waals surface area contributed by atoms with Gasteiger partial charge in [-0.25, -0.2) is 4.79 Å². The molecule has 108 valence electrons. The molecule has 1 atom stereocenters. The van der Waals surface area contributed by atoms with Crippen LogP contribution in [0, 0.1) is 0 Å². The SMILES string of the molecule is O=C(NCCC(=O)N1CSCC1C(=O)O)c1ccoc1. The van der Waals surface area contributed by atoms with E-state index < -0.39 is 12.0 Å². The van der Waals surface area contributed by atoms with Gasteiger partial charge in [0.05, 0.1) is 17.7 Å². The lowest BCUT2D eigenvalue weighted by Crippen LogP contribution is -2.42. The minimum absolute atomic E-state index is 0.0773. The first-order valence-electron chi connectivity index (χ1n) is 6.00. The highest BCUT2D eigenvalue weighted by molar-refractivity contribution is 7.99. The van der Waals surface area contributed by atoms with Gasteiger partial charge in [0.2, 0.25) is 5.91 Å². The van der Waals surface area contributed by atoms with E-state index in [0.29, 0.717) is 17.2 Å². The van der Waals surface area contributed by atoms with Gasteiger partial charge in [0.1, 0.15) is 12.3 Å². The normalized spacial score (nSPS) is 18.0. The minimum atomic E-state index is -0.995. The van der Waals surface area contributed by atoms with Crippen LogP contribution in [0.1, 0.15) is 16.8 Å². The molecule has 0 aliphatic carbocycles. The molecule has 8 heteroatoms. The van der Waals surface area contributed by atoms with E-state index in [1.54, 1.807) is 0 Å². The van der Waals surface area contributed by atoms with E-state index >= 15 is 0 Å². The summed E-state index contributed by atoms with van der Waals surface area (Å²) in [4.78, 5) is 35.8. The van der Waals surface area contributed by atoms with Crippen molar-refractivity contribution in [3.63, 3.8) is 0 Å². The Morgan fingerprint density at radius 3 is 2.95 bits per heavy atom. The number of nitrogens with one attached hydrogen (secondary N) is 1. The van der Waals surface area contributed by atoms with Crippen LogP contribution in [0.25, 0.3) is 0 Å². The molecular weight excluding hydrogens is 284 g/mol. The second kappa shape index (κ2) is 6.47. The third-order valence-corrected chi connectivity index (χ3v) is 3.91. The maximum atomic E-state index is 11.9. The van der Waals surface area contributed by atoms with Gasteiger partial charge in [-0.3, -0.25) is 9.59 Å². The molecule has 1 saturated heterocycles. The molecule has 1 aromatic rings. The van der Waals surface area contributed by atoms with Gasteiger partial charge in [-0.1, -0.05) is 0 Å². The lowest BCUT2D eigenvalue weighted by molar-refractivity contribution is -0.147. The molecule has 7 nitrogen and oxygen atoms in total. The Morgan fingerprint density at radius 1 is 1.50 bits per heavy atom. The van der Waals surface area contributed by atoms with Gasteiger partial charge in [0.25, 0.3) is 5.91 Å². The molecule has 1 aliphatic heterocycles. The molecule has 1 unspecified atom stereocenters. The summed E-state index contributed by atoms with van der Waals surface area (Å²) < 4.78 is 4.78. The highest BCUT2D eigenvalue weighted by Gasteiger charge is 2.34. The number of carbonyl (C=O) groups excluding carboxylic acids is 2. The number of carbonyl (C=O) groups is 3. The second-order valence-electron chi connectivity index (χ2n) is 4.24. The molecular formula is C12H14N2O5S. The maximum absolute atomic E-state index is 11.9. The van der Waals surface area contributed by atoms with Gasteiger partial charge < -0.3 is 19.7 Å². The molecule has 2 N–H and O–H groups in total. The first-order chi connectivity index (χ1) is 9.59. The van der Waals surface area contributed by atoms with E-state index in [2.05, 4.69) is 5.32 Å². The summed E-state index contributed by atoms with van der Waals surface area (Å²) in [6.07, 6.45) is 2.78. The molecule has 2 heterocycles. The molecule has 20 heavy (non-hydrogen) atoms. The van der Waals surface area contributed by atoms with Gasteiger partial charge in [0.15, 0.2) is 0 Å². The van der Waals surface area contributed by atoms with Gasteiger partial charge in [-0.15, -0.1) is 11.8 Å². The van der Waals surface area contributed by atoms with Crippen molar-refractivity contribution in [2.75, 3.05) is 18.2 Å². The lowest BCUT2D eigenvalue weighted by Gasteiger charge is -2.20. The van der Waals surface area contributed by atoms with Crippen molar-refractivity contribution in [1.82, 2.24) is 10.2 Å². The Morgan fingerprint density at radius 2 is 2.30 bits per heavy atom. The summed E-state index contributed by atoms with van der Waals surface area (Å²) in [7, 11) is 0. The van der Waals surface area contributed by atoms with Crippen molar-refractivity contribution in [3.8, 4) is 0 Å². The van der Waals surface area contributed by atoms with Gasteiger partial charge in [0, 0.05) is 18.7 Å². The Balaban J connectivity index is 1.78. The van der Waals surface area contributed by atoms with E-state index in [4.69, 9.17) is 9.52 Å². The van der Waals surface area contributed by atoms with Crippen LogP contribution in [0.3, 0.4) is 0 Å². The van der Waals surface area contributed by atoms with Crippen molar-refractivity contribution in [3.05, 3.63) is 24.2 Å². The fraction of sp³-hybridized carbons (Fsp3) is 0.417. The molecule has 2 rings (SSSR count). The van der Waals surface area contributed by atoms with Crippen LogP contribution in [0.2, 0.25) is 0 Å². The third-order valence-electron chi connectivity index (χ3n) is 2.90. The first kappa shape index (κ1) is 14.4. The van der Waals surface area contributed by atoms with Crippen LogP contribution in [0.4, 0.5) is 0 Å². The first-order valence-corrected chi connectivity index (χ1v) is 7.15. The second-order valence-corrected chi connectivity index (χ2v) is 5.24. The van der Waals surface area contributed by atoms with Crippen molar-refractivity contribution in [2.45, 2.75) is 12.5 Å². The zero-order chi connectivity index (χ0) is 14.5. The number of amides is 2. The Labute approximate surface area is 119 Å². The number of carboxylic acids is 1. The highest BCUT2D eigenvalue weighted by atomic mass is 32.2. The number of hydrogen-bond acceptors (Lipinski definition) is 5. The molecule has 1 aliphatic rings. The average molecular weight is 298 g/mol. The maximum Gasteiger partial charge on any atom is 0.327 e. The van der Waals surface area contributed by atoms with Gasteiger partial charge >= 0.3 is 5.97 Å². The molecule has 1 fully saturated rings. The summed E-state index contributed by atoms with van der Waals surface area (Å²) in [5, 5.41) is 11.6. The van der Waals surface area contributed by atoms with Crippen LogP contribution < -0.4 is 5.32 Å². The van der Waals surface area contributed by atoms with E-state index in [9.17, 15) is 14.4 Å². The van der Waals surface area contributed by atoms with Crippen LogP contribution in [-0.2, 0) is 9.59 Å². The third kappa shape index (κ3) is 3.32. The zero-order valence-corrected chi connectivity index (χ0v) is 11.4. The van der Waals surface area contributed by atoms with E-state index in [1.807, 2.05) is 0 Å². The molecule has 1 aromatic heterocycles. The zero-order valence-electron chi connectivity index (χ0n) is 10.6. The van der Waals surface area contributed by atoms with Crippen LogP contribution >= 0.6 is 11.8 Å². The van der Waals surface area contributed by atoms with E-state index in [1.165, 1.54) is 35.3 Å². The summed E-state index contributed by atoms with van der Waals surface area (Å²) in [6, 6.07) is 0.756. The predicted octanol–water partition coefficient (Wildman–Crippen LogP) is 0.386. The summed E-state index contributed by atoms with van der Waals surface area (Å²) in [5.41, 5.74) is 0.387. The standard InChI is InChI=1S/C12H14N2O5S/c15-10(14-7-20-6-9(14)12(17)18)1-3-13-11(16)8-2-4-19-5-8/h2,4-5,9H,1,3,6-7H2,(H,13,16)(H,17,18). The van der Waals surface area contributed by atoms with Crippen molar-refractivity contribution in [1.29, 1.82) is 0 Å². The summed E-state index contributed by atoms with van der Waals surface area (Å²) in [6.45, 7) is 0.163. The monoisotopic (exact) mass is 298 g/mol. The molecule has 0 aromatic carbocycles. The Bertz CT molecular complexity index is 502. The fourth-order valence-corrected chi connectivity index (χ4v) is 2.99. The van der Waals surface area contributed by atoms with Crippen molar-refractivity contribution in [2.24, 2.45) is 0 Å². The summed E-state index contributed by atoms with van der Waals surface area (Å²) >= 11 is 1.41. The molecule has 2 amide bonds. The lowest BCUT2D eigenvalue weighted by atomic mass is 10.2. The van der Waals surface area contributed by atoms with E-state index in [-0.39, 0.29) is 24.8 Å². The van der Waals surface area contributed by atoms with Crippen LogP contribution in [-0.4, -0.2) is 52.0 Å². The van der Waals surface area contributed by atoms with E-state index in [0.717, 1.165) is 0 Å². The molecule has 0 radical (unpaired) electrons. The van der Waals surface area contributed by atoms with Crippen LogP contribution in [0.15, 0.2) is 23.0 Å². The smallest absolute Gasteiger partial charge is 0.327 e. The average Bonchev–Trinajstić information content (AvgIpc) is 3.09. The Kier molecular flexibility index (Phi) is 4.67.